The lowest BCUT2D eigenvalue weighted by Gasteiger charge is -2.26. The number of carbonyl (C=O) groups is 1. The summed E-state index contributed by atoms with van der Waals surface area (Å²) in [6.07, 6.45) is 6.24. The summed E-state index contributed by atoms with van der Waals surface area (Å²) in [5.74, 6) is -0.362. The number of fused-ring (bicyclic) bond motifs is 1. The second-order valence-electron chi connectivity index (χ2n) is 5.85. The summed E-state index contributed by atoms with van der Waals surface area (Å²) in [4.78, 5) is 18.7. The second-order valence-corrected chi connectivity index (χ2v) is 7.09. The smallest absolute Gasteiger partial charge is 0.274 e. The number of halogens is 2. The van der Waals surface area contributed by atoms with E-state index in [1.807, 2.05) is 18.3 Å². The maximum atomic E-state index is 13.4. The molecule has 1 aliphatic heterocycles. The zero-order chi connectivity index (χ0) is 17.4. The number of rotatable bonds is 2. The average Bonchev–Trinajstić information content (AvgIpc) is 3.04. The van der Waals surface area contributed by atoms with Gasteiger partial charge in [0.05, 0.1) is 0 Å². The lowest BCUT2D eigenvalue weighted by molar-refractivity contribution is 0.0766. The molecular weight excluding hydrogens is 434 g/mol. The van der Waals surface area contributed by atoms with Crippen LogP contribution in [-0.2, 0) is 0 Å². The van der Waals surface area contributed by atoms with Crippen molar-refractivity contribution in [3.63, 3.8) is 0 Å². The van der Waals surface area contributed by atoms with Gasteiger partial charge < -0.3 is 4.90 Å². The molecule has 2 aromatic heterocycles. The summed E-state index contributed by atoms with van der Waals surface area (Å²) in [5.41, 5.74) is 2.97. The number of hydrogen-bond donors (Lipinski definition) is 0. The molecule has 126 valence electrons. The maximum Gasteiger partial charge on any atom is 0.274 e. The SMILES string of the molecule is O=C(c1cc2ncc(I)cn2n1)N1CC=C(c2cccc(F)c2)CC1. The van der Waals surface area contributed by atoms with E-state index in [2.05, 4.69) is 32.7 Å². The van der Waals surface area contributed by atoms with E-state index in [1.165, 1.54) is 12.1 Å². The topological polar surface area (TPSA) is 50.5 Å². The first kappa shape index (κ1) is 16.2. The van der Waals surface area contributed by atoms with E-state index in [0.29, 0.717) is 30.9 Å². The number of aromatic nitrogens is 3. The molecule has 0 aliphatic carbocycles. The molecular formula is C18H14FIN4O. The van der Waals surface area contributed by atoms with Crippen LogP contribution in [0.25, 0.3) is 11.2 Å². The third-order valence-corrected chi connectivity index (χ3v) is 4.75. The van der Waals surface area contributed by atoms with Crippen molar-refractivity contribution in [2.24, 2.45) is 0 Å². The Morgan fingerprint density at radius 2 is 2.16 bits per heavy atom. The van der Waals surface area contributed by atoms with Gasteiger partial charge in [-0.1, -0.05) is 18.2 Å². The first-order valence-corrected chi connectivity index (χ1v) is 8.93. The van der Waals surface area contributed by atoms with Crippen molar-refractivity contribution in [2.45, 2.75) is 6.42 Å². The van der Waals surface area contributed by atoms with Crippen LogP contribution >= 0.6 is 22.6 Å². The highest BCUT2D eigenvalue weighted by molar-refractivity contribution is 14.1. The van der Waals surface area contributed by atoms with Gasteiger partial charge in [0, 0.05) is 35.1 Å². The molecule has 3 heterocycles. The van der Waals surface area contributed by atoms with Crippen molar-refractivity contribution in [1.29, 1.82) is 0 Å². The first-order valence-electron chi connectivity index (χ1n) is 7.85. The minimum Gasteiger partial charge on any atom is -0.333 e. The monoisotopic (exact) mass is 448 g/mol. The summed E-state index contributed by atoms with van der Waals surface area (Å²) in [6, 6.07) is 8.25. The number of nitrogens with zero attached hydrogens (tertiary/aromatic N) is 4. The second kappa shape index (κ2) is 6.55. The van der Waals surface area contributed by atoms with Gasteiger partial charge >= 0.3 is 0 Å². The lowest BCUT2D eigenvalue weighted by Crippen LogP contribution is -2.34. The van der Waals surface area contributed by atoms with Crippen LogP contribution in [0.4, 0.5) is 4.39 Å². The first-order chi connectivity index (χ1) is 12.1. The molecule has 3 aromatic rings. The molecule has 0 spiro atoms. The lowest BCUT2D eigenvalue weighted by atomic mass is 9.99. The van der Waals surface area contributed by atoms with Gasteiger partial charge in [0.15, 0.2) is 11.3 Å². The van der Waals surface area contributed by atoms with Crippen LogP contribution in [0.2, 0.25) is 0 Å². The Balaban J connectivity index is 1.53. The highest BCUT2D eigenvalue weighted by atomic mass is 127. The summed E-state index contributed by atoms with van der Waals surface area (Å²) >= 11 is 2.15. The van der Waals surface area contributed by atoms with Crippen molar-refractivity contribution in [2.75, 3.05) is 13.1 Å². The largest absolute Gasteiger partial charge is 0.333 e. The standard InChI is InChI=1S/C18H14FIN4O/c19-14-3-1-2-13(8-14)12-4-6-23(7-5-12)18(25)16-9-17-21-10-15(20)11-24(17)22-16/h1-4,8-11H,5-7H2. The van der Waals surface area contributed by atoms with Crippen LogP contribution in [0.15, 0.2) is 48.8 Å². The number of carbonyl (C=O) groups excluding carboxylic acids is 1. The van der Waals surface area contributed by atoms with Gasteiger partial charge in [0.2, 0.25) is 0 Å². The fraction of sp³-hybridized carbons (Fsp3) is 0.167. The Bertz CT molecular complexity index is 998. The maximum absolute atomic E-state index is 13.4. The summed E-state index contributed by atoms with van der Waals surface area (Å²) in [5, 5.41) is 4.33. The molecule has 0 saturated carbocycles. The fourth-order valence-corrected chi connectivity index (χ4v) is 3.33. The highest BCUT2D eigenvalue weighted by Gasteiger charge is 2.22. The van der Waals surface area contributed by atoms with Crippen LogP contribution in [0, 0.1) is 9.39 Å². The molecule has 0 N–H and O–H groups in total. The summed E-state index contributed by atoms with van der Waals surface area (Å²) in [6.45, 7) is 1.07. The third kappa shape index (κ3) is 3.28. The number of benzene rings is 1. The normalized spacial score (nSPS) is 14.6. The van der Waals surface area contributed by atoms with E-state index in [9.17, 15) is 9.18 Å². The van der Waals surface area contributed by atoms with Crippen LogP contribution < -0.4 is 0 Å². The van der Waals surface area contributed by atoms with Crippen molar-refractivity contribution >= 4 is 39.7 Å². The van der Waals surface area contributed by atoms with E-state index < -0.39 is 0 Å². The molecule has 25 heavy (non-hydrogen) atoms. The molecule has 0 fully saturated rings. The van der Waals surface area contributed by atoms with Crippen molar-refractivity contribution in [3.05, 3.63) is 69.4 Å². The minimum atomic E-state index is -0.247. The number of amides is 1. The molecule has 0 saturated heterocycles. The third-order valence-electron chi connectivity index (χ3n) is 4.19. The fourth-order valence-electron chi connectivity index (χ4n) is 2.92. The molecule has 1 aliphatic rings. The average molecular weight is 448 g/mol. The van der Waals surface area contributed by atoms with E-state index in [0.717, 1.165) is 14.7 Å². The quantitative estimate of drug-likeness (QED) is 0.565. The molecule has 5 nitrogen and oxygen atoms in total. The van der Waals surface area contributed by atoms with E-state index >= 15 is 0 Å². The van der Waals surface area contributed by atoms with Gasteiger partial charge in [-0.2, -0.15) is 5.10 Å². The summed E-state index contributed by atoms with van der Waals surface area (Å²) < 4.78 is 15.9. The van der Waals surface area contributed by atoms with Gasteiger partial charge in [0.25, 0.3) is 5.91 Å². The van der Waals surface area contributed by atoms with Crippen LogP contribution in [0.3, 0.4) is 0 Å². The molecule has 0 bridgehead atoms. The Hall–Kier alpha value is -2.29. The molecule has 4 rings (SSSR count). The van der Waals surface area contributed by atoms with Crippen LogP contribution in [0.1, 0.15) is 22.5 Å². The molecule has 7 heteroatoms. The summed E-state index contributed by atoms with van der Waals surface area (Å²) in [7, 11) is 0. The Kier molecular flexibility index (Phi) is 4.24. The Labute approximate surface area is 157 Å². The van der Waals surface area contributed by atoms with Gasteiger partial charge in [-0.3, -0.25) is 4.79 Å². The van der Waals surface area contributed by atoms with Crippen LogP contribution in [-0.4, -0.2) is 38.5 Å². The van der Waals surface area contributed by atoms with Gasteiger partial charge in [-0.25, -0.2) is 13.9 Å². The highest BCUT2D eigenvalue weighted by Crippen LogP contribution is 2.23. The van der Waals surface area contributed by atoms with E-state index in [-0.39, 0.29) is 11.7 Å². The van der Waals surface area contributed by atoms with E-state index in [4.69, 9.17) is 0 Å². The molecule has 0 atom stereocenters. The van der Waals surface area contributed by atoms with Crippen LogP contribution in [0.5, 0.6) is 0 Å². The Morgan fingerprint density at radius 3 is 2.92 bits per heavy atom. The van der Waals surface area contributed by atoms with Crippen molar-refractivity contribution < 1.29 is 9.18 Å². The molecule has 1 amide bonds. The predicted molar refractivity (Wildman–Crippen MR) is 101 cm³/mol. The molecule has 0 unspecified atom stereocenters. The zero-order valence-corrected chi connectivity index (χ0v) is 15.4. The van der Waals surface area contributed by atoms with Crippen molar-refractivity contribution in [1.82, 2.24) is 19.5 Å². The molecule has 1 aromatic carbocycles. The number of hydrogen-bond acceptors (Lipinski definition) is 3. The van der Waals surface area contributed by atoms with Gasteiger partial charge in [-0.15, -0.1) is 0 Å². The molecule has 0 radical (unpaired) electrons. The predicted octanol–water partition coefficient (Wildman–Crippen LogP) is 3.40. The van der Waals surface area contributed by atoms with E-state index in [1.54, 1.807) is 27.7 Å². The van der Waals surface area contributed by atoms with Gasteiger partial charge in [0.1, 0.15) is 5.82 Å². The van der Waals surface area contributed by atoms with Gasteiger partial charge in [-0.05, 0) is 52.3 Å². The Morgan fingerprint density at radius 1 is 1.28 bits per heavy atom. The van der Waals surface area contributed by atoms with Crippen molar-refractivity contribution in [3.8, 4) is 0 Å². The zero-order valence-electron chi connectivity index (χ0n) is 13.2. The minimum absolute atomic E-state index is 0.116.